The summed E-state index contributed by atoms with van der Waals surface area (Å²) in [5, 5.41) is 8.41. The first-order chi connectivity index (χ1) is 15.2. The lowest BCUT2D eigenvalue weighted by molar-refractivity contribution is -0.116. The van der Waals surface area contributed by atoms with Crippen LogP contribution in [0.1, 0.15) is 30.0 Å². The third-order valence-corrected chi connectivity index (χ3v) is 6.13. The maximum Gasteiger partial charge on any atom is 0.224 e. The van der Waals surface area contributed by atoms with E-state index in [0.29, 0.717) is 18.7 Å². The van der Waals surface area contributed by atoms with E-state index < -0.39 is 0 Å². The van der Waals surface area contributed by atoms with Crippen LogP contribution in [0.4, 0.5) is 5.69 Å². The summed E-state index contributed by atoms with van der Waals surface area (Å²) in [6.07, 6.45) is 10.6. The quantitative estimate of drug-likeness (QED) is 0.367. The van der Waals surface area contributed by atoms with E-state index in [1.165, 1.54) is 4.70 Å². The second-order valence-corrected chi connectivity index (χ2v) is 8.57. The number of pyridine rings is 1. The van der Waals surface area contributed by atoms with E-state index in [-0.39, 0.29) is 5.91 Å². The van der Waals surface area contributed by atoms with Gasteiger partial charge in [0.2, 0.25) is 5.91 Å². The van der Waals surface area contributed by atoms with Crippen molar-refractivity contribution in [3.63, 3.8) is 0 Å². The van der Waals surface area contributed by atoms with E-state index >= 15 is 0 Å². The monoisotopic (exact) mass is 430 g/mol. The lowest BCUT2D eigenvalue weighted by Crippen LogP contribution is -2.10. The zero-order valence-electron chi connectivity index (χ0n) is 16.9. The molecule has 1 N–H and O–H groups in total. The maximum absolute atomic E-state index is 12.3. The van der Waals surface area contributed by atoms with Gasteiger partial charge in [-0.1, -0.05) is 18.2 Å². The molecule has 0 aliphatic rings. The van der Waals surface area contributed by atoms with Gasteiger partial charge in [0.15, 0.2) is 0 Å². The number of carbonyl (C=O) groups excluding carboxylic acids is 1. The first-order valence-corrected chi connectivity index (χ1v) is 11.1. The van der Waals surface area contributed by atoms with Crippen LogP contribution in [-0.4, -0.2) is 30.1 Å². The van der Waals surface area contributed by atoms with Crippen molar-refractivity contribution in [3.05, 3.63) is 78.0 Å². The van der Waals surface area contributed by atoms with Crippen LogP contribution in [0, 0.1) is 0 Å². The summed E-state index contributed by atoms with van der Waals surface area (Å²) in [5.41, 5.74) is 3.59. The van der Waals surface area contributed by atoms with Gasteiger partial charge in [-0.3, -0.25) is 9.48 Å². The molecule has 4 aromatic heterocycles. The summed E-state index contributed by atoms with van der Waals surface area (Å²) in [6.45, 7) is 0.555. The Labute approximate surface area is 183 Å². The Bertz CT molecular complexity index is 1270. The van der Waals surface area contributed by atoms with Crippen LogP contribution in [-0.2, 0) is 17.8 Å². The molecule has 0 spiro atoms. The van der Waals surface area contributed by atoms with Gasteiger partial charge in [0.25, 0.3) is 0 Å². The molecule has 4 heterocycles. The van der Waals surface area contributed by atoms with Crippen molar-refractivity contribution < 1.29 is 4.79 Å². The fourth-order valence-corrected chi connectivity index (χ4v) is 4.57. The second kappa shape index (κ2) is 8.69. The van der Waals surface area contributed by atoms with Crippen LogP contribution in [0.5, 0.6) is 0 Å². The Morgan fingerprint density at radius 2 is 1.94 bits per heavy atom. The number of benzene rings is 1. The number of hydrogen-bond donors (Lipinski definition) is 1. The van der Waals surface area contributed by atoms with Crippen LogP contribution < -0.4 is 5.32 Å². The smallest absolute Gasteiger partial charge is 0.224 e. The molecule has 0 radical (unpaired) electrons. The molecule has 0 unspecified atom stereocenters. The summed E-state index contributed by atoms with van der Waals surface area (Å²) in [4.78, 5) is 21.5. The summed E-state index contributed by atoms with van der Waals surface area (Å²) in [5.74, 6) is 0.0107. The number of unbranched alkanes of at least 4 members (excludes halogenated alkanes) is 1. The third-order valence-electron chi connectivity index (χ3n) is 5.04. The molecule has 8 heteroatoms. The van der Waals surface area contributed by atoms with Crippen LogP contribution in [0.15, 0.2) is 67.3 Å². The van der Waals surface area contributed by atoms with Crippen molar-refractivity contribution in [1.29, 1.82) is 0 Å². The molecule has 0 saturated carbocycles. The standard InChI is InChI=1S/C23H22N6OS/c30-22(10-3-4-11-23-27-19-7-1-2-8-20(19)31-23)26-17-13-24-29(15-17)16-18-14-28-12-6-5-9-21(28)25-18/h1-2,5-9,12-15H,3-4,10-11,16H2,(H,26,30). The van der Waals surface area contributed by atoms with Crippen molar-refractivity contribution >= 4 is 38.8 Å². The van der Waals surface area contributed by atoms with E-state index in [4.69, 9.17) is 0 Å². The highest BCUT2D eigenvalue weighted by molar-refractivity contribution is 7.18. The molecule has 0 atom stereocenters. The van der Waals surface area contributed by atoms with Gasteiger partial charge in [0.1, 0.15) is 5.65 Å². The molecule has 0 aliphatic carbocycles. The fourth-order valence-electron chi connectivity index (χ4n) is 3.56. The first-order valence-electron chi connectivity index (χ1n) is 10.3. The highest BCUT2D eigenvalue weighted by Crippen LogP contribution is 2.23. The second-order valence-electron chi connectivity index (χ2n) is 7.46. The number of nitrogens with zero attached hydrogens (tertiary/aromatic N) is 5. The Morgan fingerprint density at radius 3 is 2.84 bits per heavy atom. The lowest BCUT2D eigenvalue weighted by atomic mass is 10.2. The number of thiazole rings is 1. The van der Waals surface area contributed by atoms with Crippen LogP contribution in [0.25, 0.3) is 15.9 Å². The molecule has 7 nitrogen and oxygen atoms in total. The van der Waals surface area contributed by atoms with Crippen LogP contribution in [0.3, 0.4) is 0 Å². The minimum Gasteiger partial charge on any atom is -0.323 e. The molecule has 0 bridgehead atoms. The molecule has 0 fully saturated rings. The number of anilines is 1. The number of carbonyl (C=O) groups is 1. The Balaban J connectivity index is 1.08. The Hall–Kier alpha value is -3.52. The van der Waals surface area contributed by atoms with E-state index in [0.717, 1.165) is 41.1 Å². The minimum absolute atomic E-state index is 0.0107. The van der Waals surface area contributed by atoms with Crippen molar-refractivity contribution in [2.45, 2.75) is 32.2 Å². The molecule has 5 aromatic rings. The lowest BCUT2D eigenvalue weighted by Gasteiger charge is -2.02. The maximum atomic E-state index is 12.3. The molecule has 31 heavy (non-hydrogen) atoms. The normalized spacial score (nSPS) is 11.4. The molecule has 156 valence electrons. The highest BCUT2D eigenvalue weighted by atomic mass is 32.1. The zero-order chi connectivity index (χ0) is 21.0. The number of hydrogen-bond acceptors (Lipinski definition) is 5. The van der Waals surface area contributed by atoms with Crippen molar-refractivity contribution in [2.75, 3.05) is 5.32 Å². The zero-order valence-corrected chi connectivity index (χ0v) is 17.8. The summed E-state index contributed by atoms with van der Waals surface area (Å²) < 4.78 is 4.98. The van der Waals surface area contributed by atoms with Crippen molar-refractivity contribution in [2.24, 2.45) is 0 Å². The molecule has 1 aromatic carbocycles. The van der Waals surface area contributed by atoms with Gasteiger partial charge < -0.3 is 9.72 Å². The molecular formula is C23H22N6OS. The van der Waals surface area contributed by atoms with Crippen molar-refractivity contribution in [1.82, 2.24) is 24.1 Å². The molecule has 0 saturated heterocycles. The number of aromatic nitrogens is 5. The number of nitrogens with one attached hydrogen (secondary N) is 1. The van der Waals surface area contributed by atoms with Gasteiger partial charge in [-0.2, -0.15) is 5.10 Å². The SMILES string of the molecule is O=C(CCCCc1nc2ccccc2s1)Nc1cnn(Cc2cn3ccccc3n2)c1. The number of aryl methyl sites for hydroxylation is 1. The summed E-state index contributed by atoms with van der Waals surface area (Å²) in [6, 6.07) is 14.1. The van der Waals surface area contributed by atoms with E-state index in [9.17, 15) is 4.79 Å². The van der Waals surface area contributed by atoms with Gasteiger partial charge in [-0.15, -0.1) is 11.3 Å². The predicted octanol–water partition coefficient (Wildman–Crippen LogP) is 4.54. The molecule has 0 aliphatic heterocycles. The first kappa shape index (κ1) is 19.4. The van der Waals surface area contributed by atoms with Gasteiger partial charge in [0, 0.05) is 25.0 Å². The average molecular weight is 431 g/mol. The number of imidazole rings is 1. The topological polar surface area (TPSA) is 77.1 Å². The van der Waals surface area contributed by atoms with Crippen molar-refractivity contribution in [3.8, 4) is 0 Å². The third kappa shape index (κ3) is 4.64. The van der Waals surface area contributed by atoms with Crippen LogP contribution >= 0.6 is 11.3 Å². The Morgan fingerprint density at radius 1 is 1.03 bits per heavy atom. The Kier molecular flexibility index (Phi) is 5.45. The van der Waals surface area contributed by atoms with Gasteiger partial charge in [-0.25, -0.2) is 9.97 Å². The average Bonchev–Trinajstić information content (AvgIpc) is 3.48. The van der Waals surface area contributed by atoms with Crippen LogP contribution in [0.2, 0.25) is 0 Å². The number of para-hydroxylation sites is 1. The molecule has 1 amide bonds. The van der Waals surface area contributed by atoms with E-state index in [1.54, 1.807) is 22.2 Å². The number of rotatable bonds is 8. The van der Waals surface area contributed by atoms with E-state index in [1.807, 2.05) is 59.4 Å². The largest absolute Gasteiger partial charge is 0.323 e. The fraction of sp³-hybridized carbons (Fsp3) is 0.217. The van der Waals surface area contributed by atoms with Gasteiger partial charge in [-0.05, 0) is 43.5 Å². The number of fused-ring (bicyclic) bond motifs is 2. The molecular weight excluding hydrogens is 408 g/mol. The molecule has 5 rings (SSSR count). The van der Waals surface area contributed by atoms with Gasteiger partial charge in [0.05, 0.1) is 39.3 Å². The summed E-state index contributed by atoms with van der Waals surface area (Å²) >= 11 is 1.73. The summed E-state index contributed by atoms with van der Waals surface area (Å²) in [7, 11) is 0. The number of amides is 1. The van der Waals surface area contributed by atoms with E-state index in [2.05, 4.69) is 26.4 Å². The van der Waals surface area contributed by atoms with Gasteiger partial charge >= 0.3 is 0 Å². The minimum atomic E-state index is 0.0107. The highest BCUT2D eigenvalue weighted by Gasteiger charge is 2.08. The predicted molar refractivity (Wildman–Crippen MR) is 122 cm³/mol.